The first-order valence-corrected chi connectivity index (χ1v) is 9.54. The molecule has 138 valence electrons. The molecule has 0 aromatic heterocycles. The summed E-state index contributed by atoms with van der Waals surface area (Å²) < 4.78 is 13.1. The summed E-state index contributed by atoms with van der Waals surface area (Å²) in [6, 6.07) is 15.3. The maximum Gasteiger partial charge on any atom is 0.242 e. The van der Waals surface area contributed by atoms with Crippen LogP contribution < -0.4 is 5.32 Å². The van der Waals surface area contributed by atoms with Gasteiger partial charge in [-0.15, -0.1) is 11.8 Å². The Morgan fingerprint density at radius 3 is 2.35 bits per heavy atom. The molecule has 26 heavy (non-hydrogen) atoms. The van der Waals surface area contributed by atoms with Crippen LogP contribution in [0, 0.1) is 5.82 Å². The number of hydrogen-bond acceptors (Lipinski definition) is 3. The molecule has 2 amide bonds. The first-order chi connectivity index (χ1) is 12.5. The molecule has 0 aliphatic carbocycles. The number of nitrogens with zero attached hydrogens (tertiary/aromatic N) is 1. The molecule has 0 radical (unpaired) electrons. The molecule has 0 aliphatic rings. The molecule has 0 fully saturated rings. The number of carbonyl (C=O) groups excluding carboxylic acids is 2. The molecule has 1 atom stereocenters. The second-order valence-corrected chi connectivity index (χ2v) is 6.90. The van der Waals surface area contributed by atoms with Gasteiger partial charge in [0.25, 0.3) is 0 Å². The van der Waals surface area contributed by atoms with Crippen LogP contribution in [0.1, 0.15) is 18.1 Å². The van der Waals surface area contributed by atoms with E-state index in [0.717, 1.165) is 16.9 Å². The standard InChI is InChI=1S/C20H23FN2O2S/c1-15(20(25)22-2)23(12-16-8-10-18(21)11-9-16)19(24)14-26-13-17-6-4-3-5-7-17/h3-11,15H,12-14H2,1-2H3,(H,22,25)/t15-/m0/s1. The monoisotopic (exact) mass is 374 g/mol. The number of thioether (sulfide) groups is 1. The van der Waals surface area contributed by atoms with E-state index >= 15 is 0 Å². The van der Waals surface area contributed by atoms with E-state index in [9.17, 15) is 14.0 Å². The fourth-order valence-electron chi connectivity index (χ4n) is 2.49. The maximum atomic E-state index is 13.1. The molecule has 6 heteroatoms. The second kappa shape index (κ2) is 9.97. The Hall–Kier alpha value is -2.34. The van der Waals surface area contributed by atoms with Crippen LogP contribution in [0.25, 0.3) is 0 Å². The van der Waals surface area contributed by atoms with E-state index < -0.39 is 6.04 Å². The third-order valence-electron chi connectivity index (χ3n) is 4.02. The van der Waals surface area contributed by atoms with Gasteiger partial charge in [0.05, 0.1) is 5.75 Å². The number of benzene rings is 2. The maximum absolute atomic E-state index is 13.1. The molecule has 0 saturated heterocycles. The van der Waals surface area contributed by atoms with Crippen LogP contribution in [-0.2, 0) is 21.9 Å². The van der Waals surface area contributed by atoms with E-state index in [-0.39, 0.29) is 29.9 Å². The summed E-state index contributed by atoms with van der Waals surface area (Å²) in [5, 5.41) is 2.58. The lowest BCUT2D eigenvalue weighted by Gasteiger charge is -2.28. The number of halogens is 1. The van der Waals surface area contributed by atoms with Crippen LogP contribution >= 0.6 is 11.8 Å². The van der Waals surface area contributed by atoms with Gasteiger partial charge in [-0.1, -0.05) is 42.5 Å². The van der Waals surface area contributed by atoms with Crippen molar-refractivity contribution in [2.45, 2.75) is 25.3 Å². The van der Waals surface area contributed by atoms with Crippen molar-refractivity contribution in [2.24, 2.45) is 0 Å². The largest absolute Gasteiger partial charge is 0.357 e. The highest BCUT2D eigenvalue weighted by Gasteiger charge is 2.25. The summed E-state index contributed by atoms with van der Waals surface area (Å²) >= 11 is 1.51. The van der Waals surface area contributed by atoms with E-state index in [0.29, 0.717) is 0 Å². The Morgan fingerprint density at radius 2 is 1.73 bits per heavy atom. The van der Waals surface area contributed by atoms with Crippen molar-refractivity contribution in [3.8, 4) is 0 Å². The van der Waals surface area contributed by atoms with Gasteiger partial charge >= 0.3 is 0 Å². The van der Waals surface area contributed by atoms with Crippen molar-refractivity contribution in [1.29, 1.82) is 0 Å². The number of carbonyl (C=O) groups is 2. The molecule has 0 unspecified atom stereocenters. The molecule has 0 aliphatic heterocycles. The predicted molar refractivity (Wildman–Crippen MR) is 103 cm³/mol. The zero-order valence-corrected chi connectivity index (χ0v) is 15.8. The van der Waals surface area contributed by atoms with Crippen LogP contribution in [-0.4, -0.2) is 35.6 Å². The molecule has 0 saturated carbocycles. The van der Waals surface area contributed by atoms with Crippen molar-refractivity contribution in [3.05, 3.63) is 71.5 Å². The molecule has 4 nitrogen and oxygen atoms in total. The minimum Gasteiger partial charge on any atom is -0.357 e. The Kier molecular flexibility index (Phi) is 7.66. The number of rotatable bonds is 8. The van der Waals surface area contributed by atoms with Gasteiger partial charge in [-0.3, -0.25) is 9.59 Å². The Bertz CT molecular complexity index is 722. The zero-order chi connectivity index (χ0) is 18.9. The van der Waals surface area contributed by atoms with Gasteiger partial charge in [0.1, 0.15) is 11.9 Å². The van der Waals surface area contributed by atoms with Crippen molar-refractivity contribution in [3.63, 3.8) is 0 Å². The highest BCUT2D eigenvalue weighted by atomic mass is 32.2. The fourth-order valence-corrected chi connectivity index (χ4v) is 3.36. The summed E-state index contributed by atoms with van der Waals surface area (Å²) in [5.74, 6) is 0.326. The van der Waals surface area contributed by atoms with Gasteiger partial charge < -0.3 is 10.2 Å². The predicted octanol–water partition coefficient (Wildman–Crippen LogP) is 3.22. The molecule has 2 rings (SSSR count). The summed E-state index contributed by atoms with van der Waals surface area (Å²) in [7, 11) is 1.55. The third kappa shape index (κ3) is 5.88. The molecule has 1 N–H and O–H groups in total. The van der Waals surface area contributed by atoms with Crippen molar-refractivity contribution in [2.75, 3.05) is 12.8 Å². The average molecular weight is 374 g/mol. The van der Waals surface area contributed by atoms with Crippen molar-refractivity contribution in [1.82, 2.24) is 10.2 Å². The van der Waals surface area contributed by atoms with Crippen LogP contribution in [0.4, 0.5) is 4.39 Å². The first-order valence-electron chi connectivity index (χ1n) is 8.38. The zero-order valence-electron chi connectivity index (χ0n) is 14.9. The van der Waals surface area contributed by atoms with E-state index in [1.54, 1.807) is 26.1 Å². The fraction of sp³-hybridized carbons (Fsp3) is 0.300. The Morgan fingerprint density at radius 1 is 1.08 bits per heavy atom. The lowest BCUT2D eigenvalue weighted by molar-refractivity contribution is -0.138. The summed E-state index contributed by atoms with van der Waals surface area (Å²) in [6.07, 6.45) is 0. The van der Waals surface area contributed by atoms with Crippen LogP contribution in [0.2, 0.25) is 0 Å². The third-order valence-corrected chi connectivity index (χ3v) is 5.01. The lowest BCUT2D eigenvalue weighted by Crippen LogP contribution is -2.47. The van der Waals surface area contributed by atoms with E-state index in [1.807, 2.05) is 30.3 Å². The number of amides is 2. The summed E-state index contributed by atoms with van der Waals surface area (Å²) in [6.45, 7) is 1.96. The normalized spacial score (nSPS) is 11.7. The Labute approximate surface area is 157 Å². The van der Waals surface area contributed by atoms with E-state index in [2.05, 4.69) is 5.32 Å². The van der Waals surface area contributed by atoms with Crippen LogP contribution in [0.5, 0.6) is 0 Å². The molecule has 2 aromatic rings. The number of nitrogens with one attached hydrogen (secondary N) is 1. The second-order valence-electron chi connectivity index (χ2n) is 5.92. The SMILES string of the molecule is CNC(=O)[C@H](C)N(Cc1ccc(F)cc1)C(=O)CSCc1ccccc1. The molecule has 0 heterocycles. The van der Waals surface area contributed by atoms with Gasteiger partial charge in [-0.25, -0.2) is 4.39 Å². The molecule has 0 bridgehead atoms. The number of likely N-dealkylation sites (N-methyl/N-ethyl adjacent to an activating group) is 1. The quantitative estimate of drug-likeness (QED) is 0.772. The molecular weight excluding hydrogens is 351 g/mol. The molecule has 0 spiro atoms. The van der Waals surface area contributed by atoms with Crippen molar-refractivity contribution >= 4 is 23.6 Å². The van der Waals surface area contributed by atoms with Gasteiger partial charge in [-0.05, 0) is 30.2 Å². The minimum atomic E-state index is -0.602. The number of hydrogen-bond donors (Lipinski definition) is 1. The van der Waals surface area contributed by atoms with Gasteiger partial charge in [0.2, 0.25) is 11.8 Å². The van der Waals surface area contributed by atoms with Crippen LogP contribution in [0.3, 0.4) is 0 Å². The van der Waals surface area contributed by atoms with Crippen molar-refractivity contribution < 1.29 is 14.0 Å². The highest BCUT2D eigenvalue weighted by molar-refractivity contribution is 7.99. The highest BCUT2D eigenvalue weighted by Crippen LogP contribution is 2.16. The van der Waals surface area contributed by atoms with Crippen LogP contribution in [0.15, 0.2) is 54.6 Å². The Balaban J connectivity index is 2.02. The smallest absolute Gasteiger partial charge is 0.242 e. The lowest BCUT2D eigenvalue weighted by atomic mass is 10.1. The van der Waals surface area contributed by atoms with E-state index in [4.69, 9.17) is 0 Å². The topological polar surface area (TPSA) is 49.4 Å². The molecule has 2 aromatic carbocycles. The first kappa shape index (κ1) is 20.0. The van der Waals surface area contributed by atoms with Gasteiger partial charge in [0.15, 0.2) is 0 Å². The summed E-state index contributed by atoms with van der Waals surface area (Å²) in [4.78, 5) is 26.3. The molecular formula is C20H23FN2O2S. The summed E-state index contributed by atoms with van der Waals surface area (Å²) in [5.41, 5.74) is 1.93. The average Bonchev–Trinajstić information content (AvgIpc) is 2.67. The van der Waals surface area contributed by atoms with Gasteiger partial charge in [0, 0.05) is 19.3 Å². The van der Waals surface area contributed by atoms with Gasteiger partial charge in [-0.2, -0.15) is 0 Å². The van der Waals surface area contributed by atoms with E-state index in [1.165, 1.54) is 28.8 Å². The minimum absolute atomic E-state index is 0.119.